The highest BCUT2D eigenvalue weighted by Gasteiger charge is 2.20. The Hall–Kier alpha value is -2.60. The molecule has 1 fully saturated rings. The molecule has 0 bridgehead atoms. The van der Waals surface area contributed by atoms with Gasteiger partial charge in [-0.05, 0) is 72.9 Å². The van der Waals surface area contributed by atoms with Crippen molar-refractivity contribution < 1.29 is 9.53 Å². The summed E-state index contributed by atoms with van der Waals surface area (Å²) in [5, 5.41) is 9.60. The van der Waals surface area contributed by atoms with Gasteiger partial charge in [-0.3, -0.25) is 0 Å². The van der Waals surface area contributed by atoms with Gasteiger partial charge < -0.3 is 4.74 Å². The zero-order valence-electron chi connectivity index (χ0n) is 21.2. The van der Waals surface area contributed by atoms with Gasteiger partial charge in [0.25, 0.3) is 0 Å². The molecule has 0 atom stereocenters. The number of ether oxygens (including phenoxy) is 1. The van der Waals surface area contributed by atoms with E-state index in [0.717, 1.165) is 24.3 Å². The number of nitrogens with zero attached hydrogens (tertiary/aromatic N) is 1. The molecule has 34 heavy (non-hydrogen) atoms. The third-order valence-electron chi connectivity index (χ3n) is 7.32. The Balaban J connectivity index is 1.49. The first-order valence-corrected chi connectivity index (χ1v) is 13.5. The zero-order chi connectivity index (χ0) is 24.2. The quantitative estimate of drug-likeness (QED) is 0.181. The van der Waals surface area contributed by atoms with E-state index in [1.807, 2.05) is 24.3 Å². The summed E-state index contributed by atoms with van der Waals surface area (Å²) in [5.41, 5.74) is 3.40. The second kappa shape index (κ2) is 14.0. The predicted octanol–water partition coefficient (Wildman–Crippen LogP) is 8.75. The predicted molar refractivity (Wildman–Crippen MR) is 139 cm³/mol. The number of carbonyl (C=O) groups is 1. The van der Waals surface area contributed by atoms with Crippen LogP contribution in [0.5, 0.6) is 5.75 Å². The van der Waals surface area contributed by atoms with Crippen LogP contribution < -0.4 is 4.74 Å². The number of unbranched alkanes of at least 4 members (excludes halogenated alkanes) is 7. The van der Waals surface area contributed by atoms with Crippen LogP contribution in [0.25, 0.3) is 0 Å². The smallest absolute Gasteiger partial charge is 0.343 e. The lowest BCUT2D eigenvalue weighted by Gasteiger charge is -2.26. The van der Waals surface area contributed by atoms with Crippen LogP contribution in [0.15, 0.2) is 42.5 Å². The minimum absolute atomic E-state index is 0.345. The number of hydrogen-bond acceptors (Lipinski definition) is 3. The minimum Gasteiger partial charge on any atom is -0.422 e. The Labute approximate surface area is 206 Å². The Kier molecular flexibility index (Phi) is 10.7. The fourth-order valence-electron chi connectivity index (χ4n) is 5.02. The molecular weight excluding hydrogens is 418 g/mol. The molecule has 0 spiro atoms. The van der Waals surface area contributed by atoms with Gasteiger partial charge in [-0.2, -0.15) is 5.26 Å². The Morgan fingerprint density at radius 3 is 2.21 bits per heavy atom. The standard InChI is InChI=1S/C31H41NO2/c1-3-4-5-6-7-8-9-10-11-25-14-21-30(29(22-25)23-32)34-31(33)28-19-17-27(18-20-28)26-15-12-24(2)13-16-26/h14,17-22,24,26H,3-13,15-16H2,1-2H3. The molecule has 3 rings (SSSR count). The maximum Gasteiger partial charge on any atom is 0.343 e. The third kappa shape index (κ3) is 8.01. The van der Waals surface area contributed by atoms with Crippen molar-refractivity contribution in [2.45, 2.75) is 103 Å². The van der Waals surface area contributed by atoms with E-state index < -0.39 is 5.97 Å². The highest BCUT2D eigenvalue weighted by molar-refractivity contribution is 5.91. The monoisotopic (exact) mass is 459 g/mol. The van der Waals surface area contributed by atoms with Crippen molar-refractivity contribution in [3.63, 3.8) is 0 Å². The Bertz CT molecular complexity index is 933. The molecule has 0 radical (unpaired) electrons. The van der Waals surface area contributed by atoms with E-state index in [-0.39, 0.29) is 0 Å². The van der Waals surface area contributed by atoms with Crippen molar-refractivity contribution >= 4 is 5.97 Å². The average Bonchev–Trinajstić information content (AvgIpc) is 2.87. The molecule has 3 heteroatoms. The largest absolute Gasteiger partial charge is 0.422 e. The Morgan fingerprint density at radius 2 is 1.56 bits per heavy atom. The fourth-order valence-corrected chi connectivity index (χ4v) is 5.02. The highest BCUT2D eigenvalue weighted by Crippen LogP contribution is 2.35. The molecule has 0 amide bonds. The van der Waals surface area contributed by atoms with E-state index in [4.69, 9.17) is 4.74 Å². The second-order valence-electron chi connectivity index (χ2n) is 10.1. The van der Waals surface area contributed by atoms with E-state index in [9.17, 15) is 10.1 Å². The topological polar surface area (TPSA) is 50.1 Å². The molecule has 2 aromatic carbocycles. The molecule has 0 aliphatic heterocycles. The van der Waals surface area contributed by atoms with Gasteiger partial charge in [0.1, 0.15) is 11.8 Å². The number of carbonyl (C=O) groups excluding carboxylic acids is 1. The first-order chi connectivity index (χ1) is 16.6. The summed E-state index contributed by atoms with van der Waals surface area (Å²) >= 11 is 0. The molecular formula is C31H41NO2. The van der Waals surface area contributed by atoms with Crippen LogP contribution in [0.4, 0.5) is 0 Å². The van der Waals surface area contributed by atoms with Crippen LogP contribution in [0, 0.1) is 17.2 Å². The molecule has 2 aromatic rings. The van der Waals surface area contributed by atoms with Gasteiger partial charge in [0.05, 0.1) is 11.1 Å². The maximum atomic E-state index is 12.7. The van der Waals surface area contributed by atoms with Gasteiger partial charge in [-0.25, -0.2) is 4.79 Å². The van der Waals surface area contributed by atoms with Crippen LogP contribution in [0.1, 0.15) is 124 Å². The normalized spacial score (nSPS) is 17.8. The van der Waals surface area contributed by atoms with Crippen molar-refractivity contribution in [3.05, 3.63) is 64.7 Å². The lowest BCUT2D eigenvalue weighted by atomic mass is 9.79. The third-order valence-corrected chi connectivity index (χ3v) is 7.32. The maximum absolute atomic E-state index is 12.7. The SMILES string of the molecule is CCCCCCCCCCc1ccc(OC(=O)c2ccc(C3CCC(C)CC3)cc2)c(C#N)c1. The number of hydrogen-bond donors (Lipinski definition) is 0. The van der Waals surface area contributed by atoms with E-state index in [0.29, 0.717) is 22.8 Å². The minimum atomic E-state index is -0.406. The molecule has 3 nitrogen and oxygen atoms in total. The summed E-state index contributed by atoms with van der Waals surface area (Å²) < 4.78 is 5.61. The van der Waals surface area contributed by atoms with Crippen LogP contribution in [0.3, 0.4) is 0 Å². The molecule has 1 aliphatic rings. The number of nitriles is 1. The van der Waals surface area contributed by atoms with Crippen LogP contribution in [-0.4, -0.2) is 5.97 Å². The lowest BCUT2D eigenvalue weighted by Crippen LogP contribution is -2.12. The molecule has 1 saturated carbocycles. The van der Waals surface area contributed by atoms with E-state index in [2.05, 4.69) is 32.0 Å². The number of rotatable bonds is 12. The molecule has 0 heterocycles. The van der Waals surface area contributed by atoms with Crippen LogP contribution in [-0.2, 0) is 6.42 Å². The summed E-state index contributed by atoms with van der Waals surface area (Å²) in [4.78, 5) is 12.7. The summed E-state index contributed by atoms with van der Waals surface area (Å²) in [5.74, 6) is 1.36. The number of benzene rings is 2. The van der Waals surface area contributed by atoms with Crippen molar-refractivity contribution in [1.29, 1.82) is 5.26 Å². The van der Waals surface area contributed by atoms with Crippen molar-refractivity contribution in [2.75, 3.05) is 0 Å². The fraction of sp³-hybridized carbons (Fsp3) is 0.548. The van der Waals surface area contributed by atoms with Crippen molar-refractivity contribution in [1.82, 2.24) is 0 Å². The van der Waals surface area contributed by atoms with E-state index in [1.165, 1.54) is 76.2 Å². The molecule has 0 unspecified atom stereocenters. The van der Waals surface area contributed by atoms with Gasteiger partial charge in [0.2, 0.25) is 0 Å². The van der Waals surface area contributed by atoms with Gasteiger partial charge in [0.15, 0.2) is 0 Å². The molecule has 0 N–H and O–H groups in total. The average molecular weight is 460 g/mol. The number of aryl methyl sites for hydroxylation is 1. The van der Waals surface area contributed by atoms with Crippen molar-refractivity contribution in [3.8, 4) is 11.8 Å². The second-order valence-corrected chi connectivity index (χ2v) is 10.1. The van der Waals surface area contributed by atoms with Gasteiger partial charge in [-0.1, -0.05) is 89.8 Å². The van der Waals surface area contributed by atoms with Crippen LogP contribution in [0.2, 0.25) is 0 Å². The molecule has 1 aliphatic carbocycles. The Morgan fingerprint density at radius 1 is 0.912 bits per heavy atom. The molecule has 0 saturated heterocycles. The first-order valence-electron chi connectivity index (χ1n) is 13.5. The summed E-state index contributed by atoms with van der Waals surface area (Å²) in [6.45, 7) is 4.57. The highest BCUT2D eigenvalue weighted by atomic mass is 16.5. The van der Waals surface area contributed by atoms with Gasteiger partial charge in [0, 0.05) is 0 Å². The summed E-state index contributed by atoms with van der Waals surface area (Å²) in [6.07, 6.45) is 16.2. The summed E-state index contributed by atoms with van der Waals surface area (Å²) in [7, 11) is 0. The lowest BCUT2D eigenvalue weighted by molar-refractivity contribution is 0.0734. The number of esters is 1. The van der Waals surface area contributed by atoms with Crippen molar-refractivity contribution in [2.24, 2.45) is 5.92 Å². The van der Waals surface area contributed by atoms with Gasteiger partial charge in [-0.15, -0.1) is 0 Å². The molecule has 182 valence electrons. The van der Waals surface area contributed by atoms with E-state index >= 15 is 0 Å². The molecule has 0 aromatic heterocycles. The first kappa shape index (κ1) is 26.0. The van der Waals surface area contributed by atoms with Gasteiger partial charge >= 0.3 is 5.97 Å². The zero-order valence-corrected chi connectivity index (χ0v) is 21.2. The van der Waals surface area contributed by atoms with Crippen LogP contribution >= 0.6 is 0 Å². The summed E-state index contributed by atoms with van der Waals surface area (Å²) in [6, 6.07) is 15.7. The van der Waals surface area contributed by atoms with E-state index in [1.54, 1.807) is 6.07 Å².